The van der Waals surface area contributed by atoms with E-state index in [1.54, 1.807) is 0 Å². The number of halogens is 1. The fourth-order valence-electron chi connectivity index (χ4n) is 1.46. The van der Waals surface area contributed by atoms with Gasteiger partial charge in [0, 0.05) is 23.7 Å². The van der Waals surface area contributed by atoms with E-state index in [-0.39, 0.29) is 21.7 Å². The van der Waals surface area contributed by atoms with Gasteiger partial charge in [-0.1, -0.05) is 0 Å². The number of anilines is 1. The highest BCUT2D eigenvalue weighted by Gasteiger charge is 2.17. The summed E-state index contributed by atoms with van der Waals surface area (Å²) in [5.74, 6) is -1.19. The van der Waals surface area contributed by atoms with Gasteiger partial charge in [0.05, 0.1) is 10.6 Å². The summed E-state index contributed by atoms with van der Waals surface area (Å²) in [4.78, 5) is 24.1. The maximum atomic E-state index is 11.2. The third-order valence-corrected chi connectivity index (χ3v) is 3.43. The van der Waals surface area contributed by atoms with Gasteiger partial charge in [0.2, 0.25) is 5.91 Å². The molecule has 0 spiro atoms. The number of fused-ring (bicyclic) bond motifs is 1. The zero-order valence-corrected chi connectivity index (χ0v) is 10.6. The molecule has 0 saturated carbocycles. The lowest BCUT2D eigenvalue weighted by molar-refractivity contribution is -0.114. The van der Waals surface area contributed by atoms with Crippen molar-refractivity contribution in [1.82, 2.24) is 4.98 Å². The number of aromatic nitrogens is 1. The normalized spacial score (nSPS) is 11.7. The number of carbonyl (C=O) groups is 1. The zero-order valence-electron chi connectivity index (χ0n) is 8.98. The molecule has 96 valence electrons. The molecular formula is C9H7ClN2O5S. The number of oxazole rings is 1. The van der Waals surface area contributed by atoms with Crippen molar-refractivity contribution in [2.75, 3.05) is 5.32 Å². The highest BCUT2D eigenvalue weighted by atomic mass is 35.7. The van der Waals surface area contributed by atoms with E-state index in [4.69, 9.17) is 15.1 Å². The average Bonchev–Trinajstić information content (AvgIpc) is 2.56. The van der Waals surface area contributed by atoms with Crippen molar-refractivity contribution >= 4 is 42.4 Å². The molecule has 2 aromatic rings. The molecule has 0 fully saturated rings. The molecule has 0 bridgehead atoms. The van der Waals surface area contributed by atoms with E-state index in [9.17, 15) is 18.0 Å². The van der Waals surface area contributed by atoms with Gasteiger partial charge in [-0.3, -0.25) is 9.78 Å². The summed E-state index contributed by atoms with van der Waals surface area (Å²) in [6.45, 7) is 1.24. The van der Waals surface area contributed by atoms with Gasteiger partial charge >= 0.3 is 5.76 Å². The van der Waals surface area contributed by atoms with Crippen molar-refractivity contribution in [2.45, 2.75) is 11.8 Å². The smallest absolute Gasteiger partial charge is 0.408 e. The number of H-pyrrole nitrogens is 1. The zero-order chi connectivity index (χ0) is 13.5. The number of hydrogen-bond acceptors (Lipinski definition) is 5. The lowest BCUT2D eigenvalue weighted by Crippen LogP contribution is -2.07. The predicted octanol–water partition coefficient (Wildman–Crippen LogP) is 1.01. The molecule has 0 atom stereocenters. The molecule has 0 unspecified atom stereocenters. The first kappa shape index (κ1) is 12.7. The molecule has 0 aliphatic heterocycles. The lowest BCUT2D eigenvalue weighted by atomic mass is 10.2. The van der Waals surface area contributed by atoms with E-state index < -0.39 is 20.7 Å². The van der Waals surface area contributed by atoms with Crippen LogP contribution in [-0.2, 0) is 13.8 Å². The molecule has 7 nitrogen and oxygen atoms in total. The van der Waals surface area contributed by atoms with Crippen LogP contribution in [0.5, 0.6) is 0 Å². The summed E-state index contributed by atoms with van der Waals surface area (Å²) in [7, 11) is 1.21. The van der Waals surface area contributed by atoms with Crippen molar-refractivity contribution < 1.29 is 17.6 Å². The van der Waals surface area contributed by atoms with Gasteiger partial charge in [-0.25, -0.2) is 13.2 Å². The number of rotatable bonds is 2. The number of nitrogens with one attached hydrogen (secondary N) is 2. The Morgan fingerprint density at radius 3 is 2.67 bits per heavy atom. The maximum absolute atomic E-state index is 11.2. The summed E-state index contributed by atoms with van der Waals surface area (Å²) in [5, 5.41) is 2.38. The lowest BCUT2D eigenvalue weighted by Gasteiger charge is -2.04. The van der Waals surface area contributed by atoms with Crippen LogP contribution >= 0.6 is 10.7 Å². The van der Waals surface area contributed by atoms with Crippen LogP contribution in [0.25, 0.3) is 11.1 Å². The molecule has 18 heavy (non-hydrogen) atoms. The number of aromatic amines is 1. The average molecular weight is 291 g/mol. The predicted molar refractivity (Wildman–Crippen MR) is 64.2 cm³/mol. The fourth-order valence-corrected chi connectivity index (χ4v) is 2.23. The van der Waals surface area contributed by atoms with Gasteiger partial charge < -0.3 is 9.73 Å². The summed E-state index contributed by atoms with van der Waals surface area (Å²) in [6, 6.07) is 2.23. The molecule has 0 aliphatic rings. The largest absolute Gasteiger partial charge is 0.417 e. The monoisotopic (exact) mass is 290 g/mol. The van der Waals surface area contributed by atoms with Crippen LogP contribution in [0.1, 0.15) is 6.92 Å². The van der Waals surface area contributed by atoms with Crippen molar-refractivity contribution in [3.8, 4) is 0 Å². The topological polar surface area (TPSA) is 109 Å². The van der Waals surface area contributed by atoms with E-state index in [2.05, 4.69) is 10.3 Å². The number of hydrogen-bond donors (Lipinski definition) is 2. The Kier molecular flexibility index (Phi) is 2.91. The standard InChI is InChI=1S/C9H7ClN2O5S/c1-4(13)11-6-2-5(18(10,15)16)3-7-8(6)12-9(14)17-7/h2-3H,1H3,(H,11,13)(H,12,14). The third kappa shape index (κ3) is 2.39. The van der Waals surface area contributed by atoms with E-state index in [0.717, 1.165) is 12.1 Å². The van der Waals surface area contributed by atoms with Gasteiger partial charge in [-0.2, -0.15) is 0 Å². The SMILES string of the molecule is CC(=O)Nc1cc(S(=O)(=O)Cl)cc2oc(=O)[nH]c12. The van der Waals surface area contributed by atoms with Gasteiger partial charge in [-0.05, 0) is 6.07 Å². The first-order chi connectivity index (χ1) is 8.27. The van der Waals surface area contributed by atoms with Gasteiger partial charge in [0.25, 0.3) is 9.05 Å². The summed E-state index contributed by atoms with van der Waals surface area (Å²) in [5.41, 5.74) is 0.287. The van der Waals surface area contributed by atoms with E-state index in [0.29, 0.717) is 0 Å². The van der Waals surface area contributed by atoms with Crippen molar-refractivity contribution in [1.29, 1.82) is 0 Å². The second kappa shape index (κ2) is 4.14. The molecule has 1 aromatic carbocycles. The summed E-state index contributed by atoms with van der Waals surface area (Å²) in [6.07, 6.45) is 0. The molecule has 1 aromatic heterocycles. The number of amides is 1. The first-order valence-corrected chi connectivity index (χ1v) is 6.97. The second-order valence-electron chi connectivity index (χ2n) is 3.48. The Bertz CT molecular complexity index is 789. The molecule has 2 N–H and O–H groups in total. The van der Waals surface area contributed by atoms with Crippen LogP contribution in [0, 0.1) is 0 Å². The van der Waals surface area contributed by atoms with Gasteiger partial charge in [0.15, 0.2) is 5.58 Å². The van der Waals surface area contributed by atoms with Crippen LogP contribution in [0.3, 0.4) is 0 Å². The van der Waals surface area contributed by atoms with Crippen LogP contribution in [0.4, 0.5) is 5.69 Å². The van der Waals surface area contributed by atoms with Crippen molar-refractivity contribution in [3.63, 3.8) is 0 Å². The number of benzene rings is 1. The molecule has 0 aliphatic carbocycles. The molecule has 0 saturated heterocycles. The molecule has 9 heteroatoms. The maximum Gasteiger partial charge on any atom is 0.417 e. The number of carbonyl (C=O) groups excluding carboxylic acids is 1. The minimum absolute atomic E-state index is 0.00882. The molecule has 1 heterocycles. The highest BCUT2D eigenvalue weighted by molar-refractivity contribution is 8.13. The molecule has 1 amide bonds. The van der Waals surface area contributed by atoms with E-state index in [1.165, 1.54) is 6.92 Å². The van der Waals surface area contributed by atoms with Crippen LogP contribution in [-0.4, -0.2) is 19.3 Å². The fraction of sp³-hybridized carbons (Fsp3) is 0.111. The van der Waals surface area contributed by atoms with Gasteiger partial charge in [-0.15, -0.1) is 0 Å². The summed E-state index contributed by atoms with van der Waals surface area (Å²) < 4.78 is 27.2. The molecule has 2 rings (SSSR count). The van der Waals surface area contributed by atoms with Crippen LogP contribution in [0.2, 0.25) is 0 Å². The quantitative estimate of drug-likeness (QED) is 0.802. The Hall–Kier alpha value is -1.80. The molecule has 0 radical (unpaired) electrons. The third-order valence-electron chi connectivity index (χ3n) is 2.10. The van der Waals surface area contributed by atoms with E-state index >= 15 is 0 Å². The Labute approximate surface area is 105 Å². The first-order valence-electron chi connectivity index (χ1n) is 4.66. The highest BCUT2D eigenvalue weighted by Crippen LogP contribution is 2.27. The summed E-state index contributed by atoms with van der Waals surface area (Å²) >= 11 is 0. The van der Waals surface area contributed by atoms with Crippen molar-refractivity contribution in [3.05, 3.63) is 22.7 Å². The Morgan fingerprint density at radius 2 is 2.11 bits per heavy atom. The molecular weight excluding hydrogens is 284 g/mol. The second-order valence-corrected chi connectivity index (χ2v) is 6.04. The van der Waals surface area contributed by atoms with E-state index in [1.807, 2.05) is 0 Å². The minimum Gasteiger partial charge on any atom is -0.408 e. The van der Waals surface area contributed by atoms with Gasteiger partial charge in [0.1, 0.15) is 5.52 Å². The van der Waals surface area contributed by atoms with Crippen LogP contribution in [0.15, 0.2) is 26.2 Å². The Balaban J connectivity index is 2.79. The minimum atomic E-state index is -4.00. The van der Waals surface area contributed by atoms with Crippen LogP contribution < -0.4 is 11.1 Å². The Morgan fingerprint density at radius 1 is 1.44 bits per heavy atom. The van der Waals surface area contributed by atoms with Crippen molar-refractivity contribution in [2.24, 2.45) is 0 Å².